The Morgan fingerprint density at radius 1 is 1.10 bits per heavy atom. The van der Waals surface area contributed by atoms with Crippen LogP contribution in [0.15, 0.2) is 18.2 Å². The molecule has 1 aromatic carbocycles. The first-order valence-electron chi connectivity index (χ1n) is 8.10. The van der Waals surface area contributed by atoms with Crippen LogP contribution in [0.5, 0.6) is 0 Å². The Morgan fingerprint density at radius 3 is 2.29 bits per heavy atom. The van der Waals surface area contributed by atoms with Crippen LogP contribution in [0.1, 0.15) is 76.3 Å². The number of nitrogens with one attached hydrogen (secondary N) is 1. The van der Waals surface area contributed by atoms with Crippen LogP contribution in [0, 0.1) is 5.82 Å². The fraction of sp³-hybridized carbons (Fsp3) is 0.647. The van der Waals surface area contributed by atoms with E-state index >= 15 is 0 Å². The molecule has 4 heteroatoms. The minimum Gasteiger partial charge on any atom is -0.271 e. The van der Waals surface area contributed by atoms with Gasteiger partial charge in [0.2, 0.25) is 0 Å². The SMILES string of the molecule is CCCCCCCCCCC(NN)c1c(F)cccc1Cl. The summed E-state index contributed by atoms with van der Waals surface area (Å²) in [4.78, 5) is 0. The molecule has 1 rings (SSSR count). The van der Waals surface area contributed by atoms with Gasteiger partial charge in [-0.1, -0.05) is 76.0 Å². The summed E-state index contributed by atoms with van der Waals surface area (Å²) >= 11 is 6.08. The van der Waals surface area contributed by atoms with E-state index in [1.54, 1.807) is 12.1 Å². The molecule has 1 atom stereocenters. The van der Waals surface area contributed by atoms with Gasteiger partial charge in [0.25, 0.3) is 0 Å². The van der Waals surface area contributed by atoms with E-state index in [0.29, 0.717) is 10.6 Å². The molecule has 21 heavy (non-hydrogen) atoms. The monoisotopic (exact) mass is 314 g/mol. The molecule has 2 nitrogen and oxygen atoms in total. The van der Waals surface area contributed by atoms with Crippen molar-refractivity contribution in [3.63, 3.8) is 0 Å². The number of rotatable bonds is 11. The fourth-order valence-electron chi connectivity index (χ4n) is 2.64. The summed E-state index contributed by atoms with van der Waals surface area (Å²) in [6, 6.07) is 4.54. The summed E-state index contributed by atoms with van der Waals surface area (Å²) in [5.74, 6) is 5.28. The highest BCUT2D eigenvalue weighted by atomic mass is 35.5. The van der Waals surface area contributed by atoms with Gasteiger partial charge in [-0.05, 0) is 18.6 Å². The molecule has 0 aliphatic rings. The quantitative estimate of drug-likeness (QED) is 0.321. The molecule has 0 amide bonds. The molecule has 0 aromatic heterocycles. The third kappa shape index (κ3) is 6.77. The molecule has 0 aliphatic carbocycles. The molecule has 1 unspecified atom stereocenters. The molecule has 1 aromatic rings. The van der Waals surface area contributed by atoms with Crippen LogP contribution in [-0.2, 0) is 0 Å². The Labute approximate surface area is 133 Å². The zero-order valence-corrected chi connectivity index (χ0v) is 13.8. The van der Waals surface area contributed by atoms with Gasteiger partial charge in [-0.25, -0.2) is 4.39 Å². The number of hydrogen-bond acceptors (Lipinski definition) is 2. The minimum absolute atomic E-state index is 0.209. The summed E-state index contributed by atoms with van der Waals surface area (Å²) in [6.45, 7) is 2.23. The highest BCUT2D eigenvalue weighted by Crippen LogP contribution is 2.28. The standard InChI is InChI=1S/C17H28ClFN2/c1-2-3-4-5-6-7-8-9-13-16(21-20)17-14(18)11-10-12-15(17)19/h10-12,16,21H,2-9,13,20H2,1H3. The molecule has 3 N–H and O–H groups in total. The van der Waals surface area contributed by atoms with Gasteiger partial charge in [0, 0.05) is 10.6 Å². The molecule has 0 bridgehead atoms. The molecule has 0 saturated carbocycles. The topological polar surface area (TPSA) is 38.0 Å². The van der Waals surface area contributed by atoms with Gasteiger partial charge in [0.1, 0.15) is 5.82 Å². The number of benzene rings is 1. The molecule has 120 valence electrons. The van der Waals surface area contributed by atoms with Crippen molar-refractivity contribution in [2.75, 3.05) is 0 Å². The van der Waals surface area contributed by atoms with Crippen LogP contribution in [0.4, 0.5) is 4.39 Å². The zero-order valence-electron chi connectivity index (χ0n) is 13.0. The smallest absolute Gasteiger partial charge is 0.129 e. The van der Waals surface area contributed by atoms with Crippen molar-refractivity contribution < 1.29 is 4.39 Å². The normalized spacial score (nSPS) is 12.6. The van der Waals surface area contributed by atoms with E-state index in [1.807, 2.05) is 0 Å². The van der Waals surface area contributed by atoms with Gasteiger partial charge >= 0.3 is 0 Å². The van der Waals surface area contributed by atoms with Crippen molar-refractivity contribution in [3.05, 3.63) is 34.6 Å². The average molecular weight is 315 g/mol. The summed E-state index contributed by atoms with van der Waals surface area (Å²) in [6.07, 6.45) is 10.8. The fourth-order valence-corrected chi connectivity index (χ4v) is 2.93. The lowest BCUT2D eigenvalue weighted by Crippen LogP contribution is -2.29. The summed E-state index contributed by atoms with van der Waals surface area (Å²) in [5, 5.41) is 0.442. The van der Waals surface area contributed by atoms with Gasteiger partial charge in [-0.3, -0.25) is 11.3 Å². The van der Waals surface area contributed by atoms with Gasteiger partial charge in [-0.15, -0.1) is 0 Å². The number of nitrogens with two attached hydrogens (primary N) is 1. The van der Waals surface area contributed by atoms with Gasteiger partial charge < -0.3 is 0 Å². The molecule has 0 heterocycles. The Bertz CT molecular complexity index is 378. The molecule has 0 aliphatic heterocycles. The van der Waals surface area contributed by atoms with Crippen molar-refractivity contribution in [1.29, 1.82) is 0 Å². The number of unbranched alkanes of at least 4 members (excludes halogenated alkanes) is 7. The summed E-state index contributed by atoms with van der Waals surface area (Å²) < 4.78 is 13.9. The lowest BCUT2D eigenvalue weighted by Gasteiger charge is -2.18. The predicted octanol–water partition coefficient (Wildman–Crippen LogP) is 5.51. The third-order valence-electron chi connectivity index (χ3n) is 3.90. The van der Waals surface area contributed by atoms with Crippen molar-refractivity contribution in [2.45, 2.75) is 70.8 Å². The van der Waals surface area contributed by atoms with E-state index in [0.717, 1.165) is 19.3 Å². The summed E-state index contributed by atoms with van der Waals surface area (Å²) in [7, 11) is 0. The first-order chi connectivity index (χ1) is 10.2. The molecular formula is C17H28ClFN2. The molecular weight excluding hydrogens is 287 g/mol. The maximum Gasteiger partial charge on any atom is 0.129 e. The van der Waals surface area contributed by atoms with Crippen molar-refractivity contribution >= 4 is 11.6 Å². The second-order valence-electron chi connectivity index (χ2n) is 5.62. The van der Waals surface area contributed by atoms with E-state index < -0.39 is 0 Å². The highest BCUT2D eigenvalue weighted by Gasteiger charge is 2.17. The number of hydrogen-bond donors (Lipinski definition) is 2. The molecule has 0 spiro atoms. The molecule has 0 radical (unpaired) electrons. The van der Waals surface area contributed by atoms with E-state index in [9.17, 15) is 4.39 Å². The van der Waals surface area contributed by atoms with E-state index in [4.69, 9.17) is 17.4 Å². The van der Waals surface area contributed by atoms with Crippen molar-refractivity contribution in [2.24, 2.45) is 5.84 Å². The maximum absolute atomic E-state index is 13.9. The van der Waals surface area contributed by atoms with Crippen molar-refractivity contribution in [3.8, 4) is 0 Å². The highest BCUT2D eigenvalue weighted by molar-refractivity contribution is 6.31. The average Bonchev–Trinajstić information content (AvgIpc) is 2.47. The van der Waals surface area contributed by atoms with E-state index in [-0.39, 0.29) is 11.9 Å². The molecule has 0 fully saturated rings. The van der Waals surface area contributed by atoms with Gasteiger partial charge in [0.05, 0.1) is 6.04 Å². The predicted molar refractivity (Wildman–Crippen MR) is 88.7 cm³/mol. The number of hydrazine groups is 1. The Kier molecular flexibility index (Phi) is 9.64. The van der Waals surface area contributed by atoms with Crippen LogP contribution in [-0.4, -0.2) is 0 Å². The van der Waals surface area contributed by atoms with Crippen LogP contribution < -0.4 is 11.3 Å². The first-order valence-corrected chi connectivity index (χ1v) is 8.48. The third-order valence-corrected chi connectivity index (χ3v) is 4.23. The Balaban J connectivity index is 2.29. The van der Waals surface area contributed by atoms with E-state index in [1.165, 1.54) is 44.6 Å². The van der Waals surface area contributed by atoms with Gasteiger partial charge in [0.15, 0.2) is 0 Å². The van der Waals surface area contributed by atoms with Crippen LogP contribution in [0.25, 0.3) is 0 Å². The van der Waals surface area contributed by atoms with Crippen molar-refractivity contribution in [1.82, 2.24) is 5.43 Å². The summed E-state index contributed by atoms with van der Waals surface area (Å²) in [5.41, 5.74) is 3.18. The maximum atomic E-state index is 13.9. The minimum atomic E-state index is -0.287. The number of halogens is 2. The second-order valence-corrected chi connectivity index (χ2v) is 6.03. The van der Waals surface area contributed by atoms with Crippen LogP contribution >= 0.6 is 11.6 Å². The Morgan fingerprint density at radius 2 is 1.71 bits per heavy atom. The Hall–Kier alpha value is -0.640. The van der Waals surface area contributed by atoms with Crippen LogP contribution in [0.3, 0.4) is 0 Å². The lowest BCUT2D eigenvalue weighted by molar-refractivity contribution is 0.456. The largest absolute Gasteiger partial charge is 0.271 e. The second kappa shape index (κ2) is 11.0. The van der Waals surface area contributed by atoms with E-state index in [2.05, 4.69) is 12.3 Å². The molecule has 0 saturated heterocycles. The first kappa shape index (κ1) is 18.4. The zero-order chi connectivity index (χ0) is 15.5. The van der Waals surface area contributed by atoms with Gasteiger partial charge in [-0.2, -0.15) is 0 Å². The lowest BCUT2D eigenvalue weighted by atomic mass is 9.99. The van der Waals surface area contributed by atoms with Crippen LogP contribution in [0.2, 0.25) is 5.02 Å².